The first kappa shape index (κ1) is 22.5. The Balaban J connectivity index is 1.22. The lowest BCUT2D eigenvalue weighted by molar-refractivity contribution is -0.122. The number of hydrogen-bond acceptors (Lipinski definition) is 8. The highest BCUT2D eigenvalue weighted by atomic mass is 16.3. The molecule has 36 heavy (non-hydrogen) atoms. The summed E-state index contributed by atoms with van der Waals surface area (Å²) >= 11 is 0. The number of fused-ring (bicyclic) bond motifs is 1. The van der Waals surface area contributed by atoms with E-state index in [4.69, 9.17) is 0 Å². The van der Waals surface area contributed by atoms with Gasteiger partial charge in [0.05, 0.1) is 12.2 Å². The summed E-state index contributed by atoms with van der Waals surface area (Å²) < 4.78 is 1.57. The van der Waals surface area contributed by atoms with Gasteiger partial charge < -0.3 is 20.7 Å². The summed E-state index contributed by atoms with van der Waals surface area (Å²) in [7, 11) is 0. The Labute approximate surface area is 205 Å². The molecule has 12 nitrogen and oxygen atoms in total. The molecule has 5 N–H and O–H groups in total. The van der Waals surface area contributed by atoms with Crippen LogP contribution in [-0.4, -0.2) is 52.6 Å². The summed E-state index contributed by atoms with van der Waals surface area (Å²) in [5.74, 6) is 0.939. The molecule has 0 bridgehead atoms. The number of carbonyl (C=O) groups excluding carboxylic acids is 1. The van der Waals surface area contributed by atoms with Crippen LogP contribution in [0.1, 0.15) is 63.5 Å². The molecular formula is C24H29N9O3. The molecule has 6 rings (SSSR count). The normalized spacial score (nSPS) is 21.2. The van der Waals surface area contributed by atoms with Gasteiger partial charge in [-0.05, 0) is 63.4 Å². The van der Waals surface area contributed by atoms with Crippen molar-refractivity contribution in [3.63, 3.8) is 0 Å². The summed E-state index contributed by atoms with van der Waals surface area (Å²) in [5.41, 5.74) is 1.96. The second-order valence-corrected chi connectivity index (χ2v) is 9.96. The number of aromatic nitrogens is 6. The molecule has 3 aliphatic rings. The first-order valence-electron chi connectivity index (χ1n) is 12.6. The third-order valence-corrected chi connectivity index (χ3v) is 6.83. The number of aromatic hydroxyl groups is 1. The number of amides is 1. The maximum atomic E-state index is 12.1. The van der Waals surface area contributed by atoms with Crippen LogP contribution in [0.2, 0.25) is 0 Å². The standard InChI is InChI=1S/C24H29N9O3/c34-19(9-13-1-2-13)27-16-5-3-14(4-6-16)11-25-22-30-20-15(10-18-21(35)31-24(36)29-18)12-26-33(20)23(32-22)28-17-7-8-17/h10-13,16-17,35H,1-9H2,(H,27,34)(H,25,28,32)(H2,29,31,36)/b14-11?,15-10-. The van der Waals surface area contributed by atoms with Crippen LogP contribution >= 0.6 is 0 Å². The molecule has 3 saturated carbocycles. The van der Waals surface area contributed by atoms with Gasteiger partial charge in [0, 0.05) is 23.9 Å². The molecule has 1 amide bonds. The van der Waals surface area contributed by atoms with Gasteiger partial charge in [0.1, 0.15) is 5.69 Å². The van der Waals surface area contributed by atoms with E-state index in [1.54, 1.807) is 16.8 Å². The molecule has 188 valence electrons. The second kappa shape index (κ2) is 9.25. The third kappa shape index (κ3) is 5.16. The van der Waals surface area contributed by atoms with E-state index in [0.29, 0.717) is 34.8 Å². The number of anilines is 1. The number of allylic oxidation sites excluding steroid dienone is 1. The van der Waals surface area contributed by atoms with E-state index in [2.05, 4.69) is 40.7 Å². The van der Waals surface area contributed by atoms with Crippen LogP contribution in [0.25, 0.3) is 11.7 Å². The van der Waals surface area contributed by atoms with Gasteiger partial charge in [-0.25, -0.2) is 9.79 Å². The summed E-state index contributed by atoms with van der Waals surface area (Å²) in [5, 5.41) is 21.3. The van der Waals surface area contributed by atoms with Crippen molar-refractivity contribution in [1.29, 1.82) is 0 Å². The quantitative estimate of drug-likeness (QED) is 0.323. The smallest absolute Gasteiger partial charge is 0.326 e. The fraction of sp³-hybridized carbons (Fsp3) is 0.500. The third-order valence-electron chi connectivity index (χ3n) is 6.83. The molecule has 0 unspecified atom stereocenters. The van der Waals surface area contributed by atoms with Gasteiger partial charge in [-0.2, -0.15) is 19.6 Å². The molecule has 0 spiro atoms. The minimum absolute atomic E-state index is 0.187. The Kier molecular flexibility index (Phi) is 5.78. The molecular weight excluding hydrogens is 462 g/mol. The van der Waals surface area contributed by atoms with E-state index in [1.165, 1.54) is 18.4 Å². The highest BCUT2D eigenvalue weighted by molar-refractivity contribution is 5.76. The van der Waals surface area contributed by atoms with Gasteiger partial charge in [-0.1, -0.05) is 5.57 Å². The summed E-state index contributed by atoms with van der Waals surface area (Å²) in [6, 6.07) is 0.479. The predicted molar refractivity (Wildman–Crippen MR) is 131 cm³/mol. The SMILES string of the molecule is O=C(CC1CC1)NC1CCC(=CNc2nc(=NC3CC3)n3nc/c(=C/c4[nH]c(=O)[nH]c4O)c3n2)CC1. The number of rotatable bonds is 7. The zero-order valence-electron chi connectivity index (χ0n) is 19.8. The van der Waals surface area contributed by atoms with E-state index in [1.807, 2.05) is 6.20 Å². The van der Waals surface area contributed by atoms with Crippen molar-refractivity contribution in [3.05, 3.63) is 45.0 Å². The number of aromatic amines is 2. The Morgan fingerprint density at radius 3 is 2.67 bits per heavy atom. The van der Waals surface area contributed by atoms with Crippen LogP contribution in [0.3, 0.4) is 0 Å². The molecule has 3 fully saturated rings. The number of nitrogens with one attached hydrogen (secondary N) is 4. The minimum atomic E-state index is -0.500. The van der Waals surface area contributed by atoms with Crippen molar-refractivity contribution >= 4 is 23.6 Å². The molecule has 0 atom stereocenters. The minimum Gasteiger partial charge on any atom is -0.493 e. The maximum absolute atomic E-state index is 12.1. The molecule has 12 heteroatoms. The van der Waals surface area contributed by atoms with Crippen LogP contribution in [0.4, 0.5) is 5.95 Å². The van der Waals surface area contributed by atoms with Crippen LogP contribution in [-0.2, 0) is 4.79 Å². The van der Waals surface area contributed by atoms with E-state index >= 15 is 0 Å². The zero-order valence-corrected chi connectivity index (χ0v) is 19.8. The second-order valence-electron chi connectivity index (χ2n) is 9.96. The summed E-state index contributed by atoms with van der Waals surface area (Å²) in [6.07, 6.45) is 13.9. The number of carbonyl (C=O) groups is 1. The largest absolute Gasteiger partial charge is 0.493 e. The van der Waals surface area contributed by atoms with Gasteiger partial charge in [0.15, 0.2) is 5.65 Å². The summed E-state index contributed by atoms with van der Waals surface area (Å²) in [6.45, 7) is 0. The van der Waals surface area contributed by atoms with E-state index in [0.717, 1.165) is 38.5 Å². The van der Waals surface area contributed by atoms with Crippen molar-refractivity contribution in [2.45, 2.75) is 69.9 Å². The van der Waals surface area contributed by atoms with Crippen molar-refractivity contribution in [3.8, 4) is 5.88 Å². The lowest BCUT2D eigenvalue weighted by atomic mass is 9.91. The van der Waals surface area contributed by atoms with E-state index in [9.17, 15) is 14.7 Å². The van der Waals surface area contributed by atoms with Crippen molar-refractivity contribution in [1.82, 2.24) is 34.9 Å². The molecule has 0 saturated heterocycles. The molecule has 0 aromatic carbocycles. The molecule has 3 heterocycles. The first-order chi connectivity index (χ1) is 17.5. The predicted octanol–water partition coefficient (Wildman–Crippen LogP) is 0.612. The average Bonchev–Trinajstić information content (AvgIpc) is 3.77. The number of nitrogens with zero attached hydrogens (tertiary/aromatic N) is 5. The first-order valence-corrected chi connectivity index (χ1v) is 12.6. The molecule has 3 aliphatic carbocycles. The zero-order chi connectivity index (χ0) is 24.6. The van der Waals surface area contributed by atoms with Crippen molar-refractivity contribution in [2.24, 2.45) is 10.9 Å². The fourth-order valence-corrected chi connectivity index (χ4v) is 4.46. The number of hydrogen-bond donors (Lipinski definition) is 5. The Bertz CT molecular complexity index is 1500. The van der Waals surface area contributed by atoms with Gasteiger partial charge >= 0.3 is 5.69 Å². The molecule has 0 radical (unpaired) electrons. The van der Waals surface area contributed by atoms with Crippen molar-refractivity contribution in [2.75, 3.05) is 5.32 Å². The average molecular weight is 492 g/mol. The van der Waals surface area contributed by atoms with Gasteiger partial charge in [-0.15, -0.1) is 0 Å². The highest BCUT2D eigenvalue weighted by Crippen LogP contribution is 2.32. The van der Waals surface area contributed by atoms with Crippen LogP contribution in [0, 0.1) is 5.92 Å². The molecule has 3 aromatic rings. The number of H-pyrrole nitrogens is 2. The summed E-state index contributed by atoms with van der Waals surface area (Å²) in [4.78, 5) is 42.3. The topological polar surface area (TPSA) is 165 Å². The maximum Gasteiger partial charge on any atom is 0.326 e. The molecule has 3 aromatic heterocycles. The van der Waals surface area contributed by atoms with Crippen LogP contribution in [0.5, 0.6) is 5.88 Å². The van der Waals surface area contributed by atoms with Gasteiger partial charge in [0.2, 0.25) is 17.7 Å². The molecule has 0 aliphatic heterocycles. The van der Waals surface area contributed by atoms with E-state index < -0.39 is 5.69 Å². The van der Waals surface area contributed by atoms with Crippen LogP contribution in [0.15, 0.2) is 27.8 Å². The monoisotopic (exact) mass is 491 g/mol. The Morgan fingerprint density at radius 1 is 1.17 bits per heavy atom. The lowest BCUT2D eigenvalue weighted by Crippen LogP contribution is -2.36. The fourth-order valence-electron chi connectivity index (χ4n) is 4.46. The van der Waals surface area contributed by atoms with Gasteiger partial charge in [-0.3, -0.25) is 9.78 Å². The Hall–Kier alpha value is -3.96. The Morgan fingerprint density at radius 2 is 1.97 bits per heavy atom. The van der Waals surface area contributed by atoms with Crippen LogP contribution < -0.4 is 27.2 Å². The van der Waals surface area contributed by atoms with Crippen molar-refractivity contribution < 1.29 is 9.90 Å². The lowest BCUT2D eigenvalue weighted by Gasteiger charge is -2.25. The number of imidazole rings is 1. The van der Waals surface area contributed by atoms with Gasteiger partial charge in [0.25, 0.3) is 5.62 Å². The highest BCUT2D eigenvalue weighted by Gasteiger charge is 2.26. The van der Waals surface area contributed by atoms with E-state index in [-0.39, 0.29) is 29.6 Å².